The van der Waals surface area contributed by atoms with E-state index in [-0.39, 0.29) is 5.56 Å². The van der Waals surface area contributed by atoms with E-state index in [2.05, 4.69) is 10.1 Å². The molecule has 170 valence electrons. The summed E-state index contributed by atoms with van der Waals surface area (Å²) in [4.78, 5) is 23.0. The number of nitrogens with zero attached hydrogens (tertiary/aromatic N) is 6. The number of para-hydroxylation sites is 1. The minimum absolute atomic E-state index is 0.205. The summed E-state index contributed by atoms with van der Waals surface area (Å²) in [6, 6.07) is 24.7. The van der Waals surface area contributed by atoms with Gasteiger partial charge < -0.3 is 4.57 Å². The summed E-state index contributed by atoms with van der Waals surface area (Å²) >= 11 is 6.12. The Bertz CT molecular complexity index is 1710. The van der Waals surface area contributed by atoms with E-state index in [0.717, 1.165) is 22.6 Å². The van der Waals surface area contributed by atoms with Crippen molar-refractivity contribution in [2.24, 2.45) is 0 Å². The molecule has 3 aromatic carbocycles. The van der Waals surface area contributed by atoms with Crippen LogP contribution in [0.25, 0.3) is 39.5 Å². The predicted molar refractivity (Wildman–Crippen MR) is 137 cm³/mol. The Morgan fingerprint density at radius 3 is 2.23 bits per heavy atom. The molecule has 6 aromatic rings. The van der Waals surface area contributed by atoms with Crippen molar-refractivity contribution >= 4 is 22.6 Å². The lowest BCUT2D eigenvalue weighted by Gasteiger charge is -2.14. The molecule has 3 heterocycles. The van der Waals surface area contributed by atoms with Gasteiger partial charge in [-0.15, -0.1) is 0 Å². The van der Waals surface area contributed by atoms with Crippen LogP contribution in [0.15, 0.2) is 102 Å². The fourth-order valence-electron chi connectivity index (χ4n) is 4.09. The Morgan fingerprint density at radius 2 is 1.54 bits per heavy atom. The molecule has 0 aliphatic carbocycles. The van der Waals surface area contributed by atoms with Gasteiger partial charge in [0.25, 0.3) is 5.56 Å². The smallest absolute Gasteiger partial charge is 0.269 e. The van der Waals surface area contributed by atoms with Crippen molar-refractivity contribution in [1.29, 1.82) is 0 Å². The van der Waals surface area contributed by atoms with E-state index in [1.165, 1.54) is 0 Å². The van der Waals surface area contributed by atoms with E-state index in [1.54, 1.807) is 33.9 Å². The Labute approximate surface area is 205 Å². The highest BCUT2D eigenvalue weighted by Gasteiger charge is 2.18. The number of halogens is 1. The Morgan fingerprint density at radius 1 is 0.829 bits per heavy atom. The van der Waals surface area contributed by atoms with Gasteiger partial charge in [-0.25, -0.2) is 14.6 Å². The Balaban J connectivity index is 1.59. The first-order valence-electron chi connectivity index (χ1n) is 11.0. The quantitative estimate of drug-likeness (QED) is 0.341. The van der Waals surface area contributed by atoms with Gasteiger partial charge in [0.2, 0.25) is 0 Å². The van der Waals surface area contributed by atoms with E-state index in [1.807, 2.05) is 84.4 Å². The topological polar surface area (TPSA) is 70.5 Å². The van der Waals surface area contributed by atoms with Crippen molar-refractivity contribution < 1.29 is 0 Å². The number of benzene rings is 3. The number of hydrogen-bond donors (Lipinski definition) is 0. The molecule has 0 aliphatic heterocycles. The highest BCUT2D eigenvalue weighted by Crippen LogP contribution is 2.25. The Hall–Kier alpha value is -4.49. The fourth-order valence-corrected chi connectivity index (χ4v) is 4.22. The zero-order valence-corrected chi connectivity index (χ0v) is 19.5. The van der Waals surface area contributed by atoms with Gasteiger partial charge in [-0.1, -0.05) is 29.8 Å². The van der Waals surface area contributed by atoms with Gasteiger partial charge in [0.05, 0.1) is 29.6 Å². The summed E-state index contributed by atoms with van der Waals surface area (Å²) in [5, 5.41) is 5.50. The molecule has 0 unspecified atom stereocenters. The van der Waals surface area contributed by atoms with Crippen LogP contribution < -0.4 is 5.56 Å². The standard InChI is InChI=1S/C27H19ClN6O/c1-18-16-32(17-29-18)21-11-7-19(8-12-21)25-31-26-24(15-30-34(26)23-5-3-2-4-6-23)27(35)33(25)22-13-9-20(28)10-14-22/h2-17H,1H3. The molecule has 0 N–H and O–H groups in total. The molecule has 7 nitrogen and oxygen atoms in total. The highest BCUT2D eigenvalue weighted by molar-refractivity contribution is 6.30. The second-order valence-corrected chi connectivity index (χ2v) is 8.59. The molecular weight excluding hydrogens is 460 g/mol. The Kier molecular flexibility index (Phi) is 5.04. The molecule has 0 bridgehead atoms. The fraction of sp³-hybridized carbons (Fsp3) is 0.0370. The molecule has 0 spiro atoms. The zero-order valence-electron chi connectivity index (χ0n) is 18.7. The number of aromatic nitrogens is 6. The molecule has 0 saturated heterocycles. The van der Waals surface area contributed by atoms with E-state index < -0.39 is 0 Å². The van der Waals surface area contributed by atoms with Crippen LogP contribution in [0.1, 0.15) is 5.69 Å². The molecular formula is C27H19ClN6O. The van der Waals surface area contributed by atoms with Gasteiger partial charge in [-0.2, -0.15) is 5.10 Å². The number of imidazole rings is 1. The van der Waals surface area contributed by atoms with Crippen molar-refractivity contribution in [3.8, 4) is 28.5 Å². The number of hydrogen-bond acceptors (Lipinski definition) is 4. The lowest BCUT2D eigenvalue weighted by Crippen LogP contribution is -2.22. The molecule has 0 atom stereocenters. The van der Waals surface area contributed by atoms with Crippen LogP contribution in [0.4, 0.5) is 0 Å². The van der Waals surface area contributed by atoms with E-state index in [4.69, 9.17) is 16.6 Å². The monoisotopic (exact) mass is 478 g/mol. The first kappa shape index (κ1) is 21.1. The average Bonchev–Trinajstić information content (AvgIpc) is 3.52. The minimum atomic E-state index is -0.205. The lowest BCUT2D eigenvalue weighted by molar-refractivity contribution is 0.888. The molecule has 6 rings (SSSR count). The molecule has 0 aliphatic rings. The first-order valence-corrected chi connectivity index (χ1v) is 11.4. The molecule has 0 radical (unpaired) electrons. The molecule has 8 heteroatoms. The van der Waals surface area contributed by atoms with Crippen molar-refractivity contribution in [2.45, 2.75) is 6.92 Å². The van der Waals surface area contributed by atoms with Crippen molar-refractivity contribution in [2.75, 3.05) is 0 Å². The minimum Gasteiger partial charge on any atom is -0.306 e. The van der Waals surface area contributed by atoms with Crippen LogP contribution >= 0.6 is 11.6 Å². The first-order chi connectivity index (χ1) is 17.1. The van der Waals surface area contributed by atoms with E-state index in [0.29, 0.717) is 27.6 Å². The zero-order chi connectivity index (χ0) is 23.9. The number of fused-ring (bicyclic) bond motifs is 1. The van der Waals surface area contributed by atoms with Gasteiger partial charge in [-0.05, 0) is 67.6 Å². The molecule has 35 heavy (non-hydrogen) atoms. The summed E-state index contributed by atoms with van der Waals surface area (Å²) in [5.41, 5.74) is 4.48. The van der Waals surface area contributed by atoms with Crippen LogP contribution in [-0.4, -0.2) is 28.9 Å². The molecule has 0 fully saturated rings. The third-order valence-electron chi connectivity index (χ3n) is 5.82. The van der Waals surface area contributed by atoms with Gasteiger partial charge in [0, 0.05) is 22.5 Å². The third kappa shape index (κ3) is 3.72. The summed E-state index contributed by atoms with van der Waals surface area (Å²) in [5.74, 6) is 0.510. The maximum atomic E-state index is 13.8. The lowest BCUT2D eigenvalue weighted by atomic mass is 10.1. The summed E-state index contributed by atoms with van der Waals surface area (Å²) in [7, 11) is 0. The van der Waals surface area contributed by atoms with Crippen LogP contribution in [0.2, 0.25) is 5.02 Å². The largest absolute Gasteiger partial charge is 0.306 e. The van der Waals surface area contributed by atoms with Crippen molar-refractivity contribution in [3.05, 3.63) is 119 Å². The van der Waals surface area contributed by atoms with E-state index in [9.17, 15) is 4.79 Å². The van der Waals surface area contributed by atoms with Crippen LogP contribution in [0.3, 0.4) is 0 Å². The van der Waals surface area contributed by atoms with Gasteiger partial charge in [0.15, 0.2) is 5.65 Å². The van der Waals surface area contributed by atoms with Gasteiger partial charge in [-0.3, -0.25) is 9.36 Å². The van der Waals surface area contributed by atoms with E-state index >= 15 is 0 Å². The summed E-state index contributed by atoms with van der Waals surface area (Å²) < 4.78 is 5.24. The average molecular weight is 479 g/mol. The normalized spacial score (nSPS) is 11.3. The molecule has 3 aromatic heterocycles. The van der Waals surface area contributed by atoms with Crippen molar-refractivity contribution in [3.63, 3.8) is 0 Å². The van der Waals surface area contributed by atoms with Crippen LogP contribution in [-0.2, 0) is 0 Å². The second kappa shape index (κ2) is 8.38. The van der Waals surface area contributed by atoms with Gasteiger partial charge >= 0.3 is 0 Å². The third-order valence-corrected chi connectivity index (χ3v) is 6.07. The van der Waals surface area contributed by atoms with Crippen molar-refractivity contribution in [1.82, 2.24) is 28.9 Å². The summed E-state index contributed by atoms with van der Waals surface area (Å²) in [6.07, 6.45) is 5.30. The number of aryl methyl sites for hydroxylation is 1. The predicted octanol–water partition coefficient (Wildman–Crippen LogP) is 5.39. The molecule has 0 amide bonds. The SMILES string of the molecule is Cc1cn(-c2ccc(-c3nc4c(cnn4-c4ccccc4)c(=O)n3-c3ccc(Cl)cc3)cc2)cn1. The highest BCUT2D eigenvalue weighted by atomic mass is 35.5. The maximum Gasteiger partial charge on any atom is 0.269 e. The van der Waals surface area contributed by atoms with Crippen LogP contribution in [0.5, 0.6) is 0 Å². The maximum absolute atomic E-state index is 13.8. The number of rotatable bonds is 4. The molecule has 0 saturated carbocycles. The summed E-state index contributed by atoms with van der Waals surface area (Å²) in [6.45, 7) is 1.95. The second-order valence-electron chi connectivity index (χ2n) is 8.15. The van der Waals surface area contributed by atoms with Gasteiger partial charge in [0.1, 0.15) is 11.2 Å². The van der Waals surface area contributed by atoms with Crippen LogP contribution in [0, 0.1) is 6.92 Å².